The third-order valence-electron chi connectivity index (χ3n) is 3.46. The normalized spacial score (nSPS) is 10.3. The van der Waals surface area contributed by atoms with Gasteiger partial charge in [-0.2, -0.15) is 0 Å². The number of benzene rings is 2. The molecule has 0 aromatic heterocycles. The number of ether oxygens (including phenoxy) is 1. The maximum absolute atomic E-state index is 12.0. The molecular weight excluding hydrogens is 312 g/mol. The van der Waals surface area contributed by atoms with Crippen molar-refractivity contribution in [3.63, 3.8) is 0 Å². The second-order valence-electron chi connectivity index (χ2n) is 5.63. The van der Waals surface area contributed by atoms with Gasteiger partial charge in [0.05, 0.1) is 10.7 Å². The van der Waals surface area contributed by atoms with Crippen molar-refractivity contribution < 1.29 is 9.53 Å². The summed E-state index contributed by atoms with van der Waals surface area (Å²) in [6.07, 6.45) is 0. The molecule has 0 fully saturated rings. The van der Waals surface area contributed by atoms with Crippen LogP contribution < -0.4 is 15.4 Å². The van der Waals surface area contributed by atoms with E-state index in [0.29, 0.717) is 10.7 Å². The molecule has 4 nitrogen and oxygen atoms in total. The van der Waals surface area contributed by atoms with Gasteiger partial charge in [0.15, 0.2) is 6.73 Å². The van der Waals surface area contributed by atoms with Gasteiger partial charge in [0.25, 0.3) is 0 Å². The van der Waals surface area contributed by atoms with Gasteiger partial charge in [-0.3, -0.25) is 0 Å². The predicted octanol–water partition coefficient (Wildman–Crippen LogP) is 4.73. The van der Waals surface area contributed by atoms with Crippen LogP contribution >= 0.6 is 11.6 Å². The number of carbonyl (C=O) groups excluding carboxylic acids is 1. The summed E-state index contributed by atoms with van der Waals surface area (Å²) in [6, 6.07) is 9.32. The number of amides is 2. The van der Waals surface area contributed by atoms with Crippen molar-refractivity contribution in [1.29, 1.82) is 0 Å². The Labute approximate surface area is 141 Å². The van der Waals surface area contributed by atoms with E-state index in [1.54, 1.807) is 0 Å². The summed E-state index contributed by atoms with van der Waals surface area (Å²) in [5.74, 6) is 0.750. The van der Waals surface area contributed by atoms with E-state index < -0.39 is 0 Å². The van der Waals surface area contributed by atoms with Crippen molar-refractivity contribution in [3.8, 4) is 5.75 Å². The molecule has 2 amide bonds. The Morgan fingerprint density at radius 3 is 2.39 bits per heavy atom. The molecule has 0 aliphatic rings. The molecule has 0 saturated heterocycles. The van der Waals surface area contributed by atoms with E-state index in [-0.39, 0.29) is 12.8 Å². The highest BCUT2D eigenvalue weighted by Gasteiger charge is 2.09. The summed E-state index contributed by atoms with van der Waals surface area (Å²) < 4.78 is 5.57. The van der Waals surface area contributed by atoms with Crippen molar-refractivity contribution in [2.45, 2.75) is 27.7 Å². The van der Waals surface area contributed by atoms with Gasteiger partial charge in [-0.05, 0) is 56.5 Å². The summed E-state index contributed by atoms with van der Waals surface area (Å²) in [5, 5.41) is 5.93. The number of carbonyl (C=O) groups is 1. The van der Waals surface area contributed by atoms with Crippen LogP contribution in [0.4, 0.5) is 10.5 Å². The Hall–Kier alpha value is -2.20. The molecule has 0 unspecified atom stereocenters. The Morgan fingerprint density at radius 2 is 1.74 bits per heavy atom. The highest BCUT2D eigenvalue weighted by molar-refractivity contribution is 6.34. The molecule has 0 radical (unpaired) electrons. The minimum absolute atomic E-state index is 0.0816. The summed E-state index contributed by atoms with van der Waals surface area (Å²) in [7, 11) is 0. The Kier molecular flexibility index (Phi) is 5.50. The van der Waals surface area contributed by atoms with Crippen LogP contribution in [0, 0.1) is 27.7 Å². The lowest BCUT2D eigenvalue weighted by atomic mass is 10.1. The number of aryl methyl sites for hydroxylation is 4. The van der Waals surface area contributed by atoms with Crippen LogP contribution in [0.2, 0.25) is 5.02 Å². The van der Waals surface area contributed by atoms with Gasteiger partial charge in [0, 0.05) is 0 Å². The maximum Gasteiger partial charge on any atom is 0.321 e. The maximum atomic E-state index is 12.0. The standard InChI is InChI=1S/C18H21ClN2O2/c1-11-5-6-16(13(3)7-11)23-10-20-18(22)21-17-14(4)8-12(2)9-15(17)19/h5-9H,10H2,1-4H3,(H2,20,21,22). The van der Waals surface area contributed by atoms with E-state index in [1.807, 2.05) is 58.0 Å². The summed E-state index contributed by atoms with van der Waals surface area (Å²) in [4.78, 5) is 12.0. The van der Waals surface area contributed by atoms with Crippen LogP contribution in [-0.2, 0) is 0 Å². The lowest BCUT2D eigenvalue weighted by molar-refractivity contribution is 0.234. The second kappa shape index (κ2) is 7.38. The quantitative estimate of drug-likeness (QED) is 0.795. The van der Waals surface area contributed by atoms with Gasteiger partial charge in [-0.25, -0.2) is 4.79 Å². The van der Waals surface area contributed by atoms with Crippen molar-refractivity contribution in [2.75, 3.05) is 12.0 Å². The van der Waals surface area contributed by atoms with Crippen molar-refractivity contribution in [2.24, 2.45) is 0 Å². The number of hydrogen-bond acceptors (Lipinski definition) is 2. The van der Waals surface area contributed by atoms with Gasteiger partial charge < -0.3 is 15.4 Å². The first-order valence-electron chi connectivity index (χ1n) is 7.38. The number of anilines is 1. The van der Waals surface area contributed by atoms with E-state index in [9.17, 15) is 4.79 Å². The Balaban J connectivity index is 1.91. The van der Waals surface area contributed by atoms with E-state index in [0.717, 1.165) is 22.4 Å². The van der Waals surface area contributed by atoms with Crippen molar-refractivity contribution in [1.82, 2.24) is 5.32 Å². The SMILES string of the molecule is Cc1ccc(OCNC(=O)Nc2c(C)cc(C)cc2Cl)c(C)c1. The molecule has 2 aromatic rings. The third-order valence-corrected chi connectivity index (χ3v) is 3.76. The molecule has 0 aliphatic carbocycles. The first kappa shape index (κ1) is 17.2. The zero-order valence-corrected chi connectivity index (χ0v) is 14.5. The molecule has 0 aliphatic heterocycles. The molecule has 2 N–H and O–H groups in total. The number of rotatable bonds is 4. The molecule has 23 heavy (non-hydrogen) atoms. The van der Waals surface area contributed by atoms with Crippen LogP contribution in [0.3, 0.4) is 0 Å². The molecule has 122 valence electrons. The summed E-state index contributed by atoms with van der Waals surface area (Å²) in [6.45, 7) is 7.94. The van der Waals surface area contributed by atoms with E-state index in [2.05, 4.69) is 10.6 Å². The molecule has 0 bridgehead atoms. The average Bonchev–Trinajstić information content (AvgIpc) is 2.45. The van der Waals surface area contributed by atoms with Gasteiger partial charge >= 0.3 is 6.03 Å². The van der Waals surface area contributed by atoms with Crippen molar-refractivity contribution >= 4 is 23.3 Å². The monoisotopic (exact) mass is 332 g/mol. The molecule has 0 heterocycles. The molecular formula is C18H21ClN2O2. The fraction of sp³-hybridized carbons (Fsp3) is 0.278. The molecule has 0 atom stereocenters. The van der Waals surface area contributed by atoms with E-state index >= 15 is 0 Å². The first-order chi connectivity index (χ1) is 10.9. The Morgan fingerprint density at radius 1 is 1.04 bits per heavy atom. The van der Waals surface area contributed by atoms with Crippen LogP contribution in [0.15, 0.2) is 30.3 Å². The molecule has 2 rings (SSSR count). The average molecular weight is 333 g/mol. The molecule has 0 saturated carbocycles. The van der Waals surface area contributed by atoms with Gasteiger partial charge in [0.1, 0.15) is 5.75 Å². The zero-order chi connectivity index (χ0) is 17.0. The molecule has 0 spiro atoms. The van der Waals surface area contributed by atoms with Crippen LogP contribution in [0.5, 0.6) is 5.75 Å². The van der Waals surface area contributed by atoms with Crippen LogP contribution in [0.25, 0.3) is 0 Å². The van der Waals surface area contributed by atoms with E-state index in [4.69, 9.17) is 16.3 Å². The predicted molar refractivity (Wildman–Crippen MR) is 94.5 cm³/mol. The highest BCUT2D eigenvalue weighted by atomic mass is 35.5. The second-order valence-corrected chi connectivity index (χ2v) is 6.03. The van der Waals surface area contributed by atoms with Crippen LogP contribution in [0.1, 0.15) is 22.3 Å². The summed E-state index contributed by atoms with van der Waals surface area (Å²) >= 11 is 6.17. The number of nitrogens with one attached hydrogen (secondary N) is 2. The Bertz CT molecular complexity index is 706. The zero-order valence-electron chi connectivity index (χ0n) is 13.8. The fourth-order valence-corrected chi connectivity index (χ4v) is 2.74. The smallest absolute Gasteiger partial charge is 0.321 e. The number of hydrogen-bond donors (Lipinski definition) is 2. The van der Waals surface area contributed by atoms with Crippen molar-refractivity contribution in [3.05, 3.63) is 57.6 Å². The minimum atomic E-state index is -0.358. The third kappa shape index (κ3) is 4.63. The topological polar surface area (TPSA) is 50.4 Å². The lowest BCUT2D eigenvalue weighted by Gasteiger charge is -2.14. The molecule has 5 heteroatoms. The van der Waals surface area contributed by atoms with Gasteiger partial charge in [-0.15, -0.1) is 0 Å². The lowest BCUT2D eigenvalue weighted by Crippen LogP contribution is -2.32. The van der Waals surface area contributed by atoms with Crippen LogP contribution in [-0.4, -0.2) is 12.8 Å². The fourth-order valence-electron chi connectivity index (χ4n) is 2.37. The van der Waals surface area contributed by atoms with E-state index in [1.165, 1.54) is 5.56 Å². The molecule has 2 aromatic carbocycles. The van der Waals surface area contributed by atoms with Gasteiger partial charge in [-0.1, -0.05) is 35.4 Å². The summed E-state index contributed by atoms with van der Waals surface area (Å²) in [5.41, 5.74) is 4.79. The highest BCUT2D eigenvalue weighted by Crippen LogP contribution is 2.27. The number of halogens is 1. The van der Waals surface area contributed by atoms with Gasteiger partial charge in [0.2, 0.25) is 0 Å². The first-order valence-corrected chi connectivity index (χ1v) is 7.76. The number of urea groups is 1. The minimum Gasteiger partial charge on any atom is -0.473 e. The largest absolute Gasteiger partial charge is 0.473 e.